The van der Waals surface area contributed by atoms with Crippen LogP contribution in [0.25, 0.3) is 11.0 Å². The van der Waals surface area contributed by atoms with Crippen molar-refractivity contribution < 1.29 is 9.52 Å². The summed E-state index contributed by atoms with van der Waals surface area (Å²) in [6.07, 6.45) is 0. The molecule has 4 heteroatoms. The van der Waals surface area contributed by atoms with Gasteiger partial charge in [-0.3, -0.25) is 4.90 Å². The average molecular weight is 247 g/mol. The lowest BCUT2D eigenvalue weighted by molar-refractivity contribution is 0.217. The summed E-state index contributed by atoms with van der Waals surface area (Å²) < 4.78 is 5.18. The van der Waals surface area contributed by atoms with Gasteiger partial charge < -0.3 is 9.52 Å². The van der Waals surface area contributed by atoms with Crippen LogP contribution in [0.5, 0.6) is 0 Å². The Kier molecular flexibility index (Phi) is 3.79. The predicted molar refractivity (Wildman–Crippen MR) is 70.6 cm³/mol. The second-order valence-electron chi connectivity index (χ2n) is 4.55. The second-order valence-corrected chi connectivity index (χ2v) is 4.55. The normalized spacial score (nSPS) is 11.3. The Hall–Kier alpha value is -1.65. The van der Waals surface area contributed by atoms with E-state index in [0.29, 0.717) is 18.7 Å². The van der Waals surface area contributed by atoms with Gasteiger partial charge in [0.2, 0.25) is 0 Å². The smallest absolute Gasteiger partial charge is 0.336 e. The van der Waals surface area contributed by atoms with Crippen LogP contribution in [0.1, 0.15) is 11.1 Å². The standard InChI is InChI=1S/C14H17NO3/c1-10-3-4-13-12(7-10)11(8-14(17)18-13)9-15(2)5-6-16/h3-4,7-8,16H,5-6,9H2,1-2H3. The lowest BCUT2D eigenvalue weighted by Gasteiger charge is -2.16. The predicted octanol–water partition coefficient (Wildman–Crippen LogP) is 1.53. The molecule has 4 nitrogen and oxygen atoms in total. The molecule has 1 aromatic heterocycles. The van der Waals surface area contributed by atoms with E-state index in [0.717, 1.165) is 16.5 Å². The molecule has 0 aliphatic heterocycles. The van der Waals surface area contributed by atoms with Crippen LogP contribution in [0.15, 0.2) is 33.5 Å². The molecule has 0 aliphatic carbocycles. The van der Waals surface area contributed by atoms with E-state index >= 15 is 0 Å². The summed E-state index contributed by atoms with van der Waals surface area (Å²) in [5.41, 5.74) is 2.34. The lowest BCUT2D eigenvalue weighted by Crippen LogP contribution is -2.22. The molecular weight excluding hydrogens is 230 g/mol. The molecule has 18 heavy (non-hydrogen) atoms. The fraction of sp³-hybridized carbons (Fsp3) is 0.357. The van der Waals surface area contributed by atoms with Crippen LogP contribution >= 0.6 is 0 Å². The largest absolute Gasteiger partial charge is 0.423 e. The van der Waals surface area contributed by atoms with E-state index < -0.39 is 0 Å². The third-order valence-corrected chi connectivity index (χ3v) is 2.91. The third kappa shape index (κ3) is 2.78. The molecule has 1 N–H and O–H groups in total. The molecule has 2 aromatic rings. The molecule has 0 amide bonds. The Morgan fingerprint density at radius 1 is 1.33 bits per heavy atom. The van der Waals surface area contributed by atoms with Crippen LogP contribution in [-0.4, -0.2) is 30.2 Å². The van der Waals surface area contributed by atoms with Gasteiger partial charge >= 0.3 is 5.63 Å². The minimum Gasteiger partial charge on any atom is -0.423 e. The molecule has 0 fully saturated rings. The molecular formula is C14H17NO3. The molecule has 0 spiro atoms. The van der Waals surface area contributed by atoms with Crippen LogP contribution in [0, 0.1) is 6.92 Å². The van der Waals surface area contributed by atoms with Gasteiger partial charge in [0.05, 0.1) is 6.61 Å². The zero-order valence-electron chi connectivity index (χ0n) is 10.6. The van der Waals surface area contributed by atoms with Crippen LogP contribution in [-0.2, 0) is 6.54 Å². The number of benzene rings is 1. The first-order valence-electron chi connectivity index (χ1n) is 5.93. The maximum atomic E-state index is 11.5. The quantitative estimate of drug-likeness (QED) is 0.832. The first-order chi connectivity index (χ1) is 8.60. The molecule has 96 valence electrons. The Balaban J connectivity index is 2.47. The van der Waals surface area contributed by atoms with Crippen LogP contribution in [0.4, 0.5) is 0 Å². The van der Waals surface area contributed by atoms with E-state index in [9.17, 15) is 4.79 Å². The van der Waals surface area contributed by atoms with Gasteiger partial charge in [0.1, 0.15) is 5.58 Å². The summed E-state index contributed by atoms with van der Waals surface area (Å²) in [4.78, 5) is 13.5. The molecule has 0 radical (unpaired) electrons. The van der Waals surface area contributed by atoms with Crippen LogP contribution < -0.4 is 5.63 Å². The van der Waals surface area contributed by atoms with Crippen molar-refractivity contribution in [2.75, 3.05) is 20.2 Å². The number of aliphatic hydroxyl groups is 1. The maximum Gasteiger partial charge on any atom is 0.336 e. The van der Waals surface area contributed by atoms with Gasteiger partial charge in [-0.2, -0.15) is 0 Å². The van der Waals surface area contributed by atoms with Crippen molar-refractivity contribution in [2.24, 2.45) is 0 Å². The zero-order valence-corrected chi connectivity index (χ0v) is 10.6. The summed E-state index contributed by atoms with van der Waals surface area (Å²) >= 11 is 0. The van der Waals surface area contributed by atoms with Crippen molar-refractivity contribution in [3.8, 4) is 0 Å². The van der Waals surface area contributed by atoms with Gasteiger partial charge in [-0.15, -0.1) is 0 Å². The number of fused-ring (bicyclic) bond motifs is 1. The van der Waals surface area contributed by atoms with Gasteiger partial charge in [0.25, 0.3) is 0 Å². The number of rotatable bonds is 4. The van der Waals surface area contributed by atoms with Gasteiger partial charge in [-0.1, -0.05) is 11.6 Å². The molecule has 1 heterocycles. The number of aryl methyl sites for hydroxylation is 1. The van der Waals surface area contributed by atoms with Gasteiger partial charge in [-0.05, 0) is 31.7 Å². The summed E-state index contributed by atoms with van der Waals surface area (Å²) in [5.74, 6) is 0. The summed E-state index contributed by atoms with van der Waals surface area (Å²) in [7, 11) is 1.91. The first-order valence-corrected chi connectivity index (χ1v) is 5.93. The molecule has 0 unspecified atom stereocenters. The van der Waals surface area contributed by atoms with Crippen molar-refractivity contribution >= 4 is 11.0 Å². The molecule has 0 saturated heterocycles. The fourth-order valence-electron chi connectivity index (χ4n) is 2.01. The molecule has 1 aromatic carbocycles. The number of hydrogen-bond acceptors (Lipinski definition) is 4. The Bertz CT molecular complexity index is 604. The summed E-state index contributed by atoms with van der Waals surface area (Å²) in [6, 6.07) is 7.28. The number of aliphatic hydroxyl groups excluding tert-OH is 1. The lowest BCUT2D eigenvalue weighted by atomic mass is 10.1. The Morgan fingerprint density at radius 2 is 2.11 bits per heavy atom. The minimum atomic E-state index is -0.334. The molecule has 0 bridgehead atoms. The number of nitrogens with zero attached hydrogens (tertiary/aromatic N) is 1. The maximum absolute atomic E-state index is 11.5. The van der Waals surface area contributed by atoms with Gasteiger partial charge in [0.15, 0.2) is 0 Å². The topological polar surface area (TPSA) is 53.7 Å². The highest BCUT2D eigenvalue weighted by Gasteiger charge is 2.08. The first kappa shape index (κ1) is 12.8. The van der Waals surface area contributed by atoms with Gasteiger partial charge in [0, 0.05) is 24.5 Å². The van der Waals surface area contributed by atoms with Crippen molar-refractivity contribution in [1.82, 2.24) is 4.90 Å². The minimum absolute atomic E-state index is 0.106. The summed E-state index contributed by atoms with van der Waals surface area (Å²) in [5, 5.41) is 9.86. The zero-order chi connectivity index (χ0) is 13.1. The fourth-order valence-corrected chi connectivity index (χ4v) is 2.01. The number of likely N-dealkylation sites (N-methyl/N-ethyl adjacent to an activating group) is 1. The van der Waals surface area contributed by atoms with Crippen molar-refractivity contribution in [1.29, 1.82) is 0 Å². The molecule has 0 atom stereocenters. The third-order valence-electron chi connectivity index (χ3n) is 2.91. The SMILES string of the molecule is Cc1ccc2oc(=O)cc(CN(C)CCO)c2c1. The molecule has 2 rings (SSSR count). The van der Waals surface area contributed by atoms with Crippen molar-refractivity contribution in [3.05, 3.63) is 45.8 Å². The highest BCUT2D eigenvalue weighted by Crippen LogP contribution is 2.19. The Morgan fingerprint density at radius 3 is 2.83 bits per heavy atom. The van der Waals surface area contributed by atoms with E-state index in [1.54, 1.807) is 0 Å². The number of hydrogen-bond donors (Lipinski definition) is 1. The average Bonchev–Trinajstić information content (AvgIpc) is 2.30. The van der Waals surface area contributed by atoms with Crippen LogP contribution in [0.2, 0.25) is 0 Å². The Labute approximate surface area is 105 Å². The highest BCUT2D eigenvalue weighted by molar-refractivity contribution is 5.80. The van der Waals surface area contributed by atoms with Crippen molar-refractivity contribution in [2.45, 2.75) is 13.5 Å². The highest BCUT2D eigenvalue weighted by atomic mass is 16.4. The summed E-state index contributed by atoms with van der Waals surface area (Å²) in [6.45, 7) is 3.31. The molecule has 0 saturated carbocycles. The van der Waals surface area contributed by atoms with Crippen molar-refractivity contribution in [3.63, 3.8) is 0 Å². The monoisotopic (exact) mass is 247 g/mol. The molecule has 0 aliphatic rings. The van der Waals surface area contributed by atoms with Gasteiger partial charge in [-0.25, -0.2) is 4.79 Å². The van der Waals surface area contributed by atoms with Crippen LogP contribution in [0.3, 0.4) is 0 Å². The van der Waals surface area contributed by atoms with E-state index in [4.69, 9.17) is 9.52 Å². The van der Waals surface area contributed by atoms with E-state index in [1.165, 1.54) is 6.07 Å². The second kappa shape index (κ2) is 5.33. The van der Waals surface area contributed by atoms with E-state index in [2.05, 4.69) is 0 Å². The van der Waals surface area contributed by atoms with E-state index in [1.807, 2.05) is 37.1 Å². The van der Waals surface area contributed by atoms with E-state index in [-0.39, 0.29) is 12.2 Å².